The summed E-state index contributed by atoms with van der Waals surface area (Å²) in [6.07, 6.45) is 1.46. The highest BCUT2D eigenvalue weighted by molar-refractivity contribution is 6.04. The SMILES string of the molecule is C[C@H]1CC(=O)Nc2ccccc2N1C(=O)CN1CCC(O)CC1. The Bertz CT molecular complexity index is 597. The van der Waals surface area contributed by atoms with E-state index >= 15 is 0 Å². The number of aliphatic hydroxyl groups excluding tert-OH is 1. The van der Waals surface area contributed by atoms with Crippen LogP contribution in [0.25, 0.3) is 0 Å². The van der Waals surface area contributed by atoms with Crippen molar-refractivity contribution in [1.82, 2.24) is 4.90 Å². The minimum atomic E-state index is -0.249. The number of rotatable bonds is 2. The molecule has 0 saturated carbocycles. The lowest BCUT2D eigenvalue weighted by molar-refractivity contribution is -0.121. The minimum Gasteiger partial charge on any atom is -0.393 e. The summed E-state index contributed by atoms with van der Waals surface area (Å²) < 4.78 is 0. The molecule has 3 rings (SSSR count). The van der Waals surface area contributed by atoms with Gasteiger partial charge < -0.3 is 15.3 Å². The lowest BCUT2D eigenvalue weighted by Crippen LogP contribution is -2.47. The molecule has 124 valence electrons. The molecule has 2 aliphatic heterocycles. The zero-order valence-electron chi connectivity index (χ0n) is 13.4. The molecule has 6 heteroatoms. The third-order valence-electron chi connectivity index (χ3n) is 4.54. The maximum atomic E-state index is 12.9. The Morgan fingerprint density at radius 1 is 1.30 bits per heavy atom. The first kappa shape index (κ1) is 16.0. The molecule has 1 aromatic rings. The summed E-state index contributed by atoms with van der Waals surface area (Å²) >= 11 is 0. The van der Waals surface area contributed by atoms with Gasteiger partial charge in [0.2, 0.25) is 11.8 Å². The van der Waals surface area contributed by atoms with Gasteiger partial charge in [0, 0.05) is 25.6 Å². The van der Waals surface area contributed by atoms with E-state index in [2.05, 4.69) is 10.2 Å². The molecular weight excluding hydrogens is 294 g/mol. The fourth-order valence-electron chi connectivity index (χ4n) is 3.31. The third kappa shape index (κ3) is 3.54. The Morgan fingerprint density at radius 3 is 2.74 bits per heavy atom. The van der Waals surface area contributed by atoms with Crippen LogP contribution in [-0.2, 0) is 9.59 Å². The van der Waals surface area contributed by atoms with Gasteiger partial charge in [-0.1, -0.05) is 12.1 Å². The Balaban J connectivity index is 1.79. The van der Waals surface area contributed by atoms with Crippen molar-refractivity contribution >= 4 is 23.2 Å². The highest BCUT2D eigenvalue weighted by atomic mass is 16.3. The molecule has 0 aliphatic carbocycles. The van der Waals surface area contributed by atoms with Gasteiger partial charge in [-0.25, -0.2) is 0 Å². The average Bonchev–Trinajstić information content (AvgIpc) is 2.63. The van der Waals surface area contributed by atoms with Crippen LogP contribution in [0.15, 0.2) is 24.3 Å². The molecule has 0 unspecified atom stereocenters. The number of amides is 2. The van der Waals surface area contributed by atoms with E-state index in [1.165, 1.54) is 0 Å². The first-order valence-corrected chi connectivity index (χ1v) is 8.16. The fraction of sp³-hybridized carbons (Fsp3) is 0.529. The average molecular weight is 317 g/mol. The van der Waals surface area contributed by atoms with Crippen LogP contribution in [0, 0.1) is 0 Å². The summed E-state index contributed by atoms with van der Waals surface area (Å²) in [6.45, 7) is 3.68. The quantitative estimate of drug-likeness (QED) is 0.860. The Labute approximate surface area is 136 Å². The monoisotopic (exact) mass is 317 g/mol. The van der Waals surface area contributed by atoms with Gasteiger partial charge in [-0.15, -0.1) is 0 Å². The molecule has 1 saturated heterocycles. The summed E-state index contributed by atoms with van der Waals surface area (Å²) in [6, 6.07) is 7.24. The van der Waals surface area contributed by atoms with E-state index in [1.54, 1.807) is 4.90 Å². The van der Waals surface area contributed by atoms with Crippen molar-refractivity contribution in [2.24, 2.45) is 0 Å². The summed E-state index contributed by atoms with van der Waals surface area (Å²) in [7, 11) is 0. The number of para-hydroxylation sites is 2. The number of fused-ring (bicyclic) bond motifs is 1. The minimum absolute atomic E-state index is 0.00200. The zero-order valence-corrected chi connectivity index (χ0v) is 13.4. The number of likely N-dealkylation sites (tertiary alicyclic amines) is 1. The molecule has 2 heterocycles. The van der Waals surface area contributed by atoms with Gasteiger partial charge in [0.05, 0.1) is 24.0 Å². The summed E-state index contributed by atoms with van der Waals surface area (Å²) in [4.78, 5) is 28.6. The van der Waals surface area contributed by atoms with E-state index in [1.807, 2.05) is 31.2 Å². The first-order valence-electron chi connectivity index (χ1n) is 8.16. The van der Waals surface area contributed by atoms with Gasteiger partial charge in [0.1, 0.15) is 0 Å². The summed E-state index contributed by atoms with van der Waals surface area (Å²) in [5, 5.41) is 12.4. The maximum absolute atomic E-state index is 12.9. The molecule has 1 aromatic carbocycles. The number of carbonyl (C=O) groups is 2. The highest BCUT2D eigenvalue weighted by Gasteiger charge is 2.30. The molecular formula is C17H23N3O3. The van der Waals surface area contributed by atoms with Gasteiger partial charge >= 0.3 is 0 Å². The molecule has 23 heavy (non-hydrogen) atoms. The number of aliphatic hydroxyl groups is 1. The lowest BCUT2D eigenvalue weighted by atomic mass is 10.1. The third-order valence-corrected chi connectivity index (χ3v) is 4.54. The van der Waals surface area contributed by atoms with Crippen molar-refractivity contribution in [2.45, 2.75) is 38.3 Å². The molecule has 0 aromatic heterocycles. The molecule has 6 nitrogen and oxygen atoms in total. The van der Waals surface area contributed by atoms with Crippen LogP contribution in [-0.4, -0.2) is 53.6 Å². The van der Waals surface area contributed by atoms with E-state index in [9.17, 15) is 14.7 Å². The molecule has 0 spiro atoms. The van der Waals surface area contributed by atoms with E-state index in [0.717, 1.165) is 18.8 Å². The van der Waals surface area contributed by atoms with E-state index < -0.39 is 0 Å². The van der Waals surface area contributed by atoms with Crippen LogP contribution in [0.5, 0.6) is 0 Å². The largest absolute Gasteiger partial charge is 0.393 e. The van der Waals surface area contributed by atoms with Crippen molar-refractivity contribution in [3.05, 3.63) is 24.3 Å². The summed E-state index contributed by atoms with van der Waals surface area (Å²) in [5.41, 5.74) is 1.44. The number of hydrogen-bond acceptors (Lipinski definition) is 4. The van der Waals surface area contributed by atoms with Gasteiger partial charge in [-0.2, -0.15) is 0 Å². The zero-order chi connectivity index (χ0) is 16.4. The van der Waals surface area contributed by atoms with Crippen molar-refractivity contribution in [2.75, 3.05) is 29.9 Å². The molecule has 2 aliphatic rings. The first-order chi connectivity index (χ1) is 11.0. The molecule has 1 atom stereocenters. The van der Waals surface area contributed by atoms with Crippen molar-refractivity contribution in [1.29, 1.82) is 0 Å². The Hall–Kier alpha value is -1.92. The Kier molecular flexibility index (Phi) is 4.63. The standard InChI is InChI=1S/C17H23N3O3/c1-12-10-16(22)18-14-4-2-3-5-15(14)20(12)17(23)11-19-8-6-13(21)7-9-19/h2-5,12-13,21H,6-11H2,1H3,(H,18,22)/t12-/m0/s1. The molecule has 1 fully saturated rings. The lowest BCUT2D eigenvalue weighted by Gasteiger charge is -2.33. The van der Waals surface area contributed by atoms with Crippen molar-refractivity contribution in [3.63, 3.8) is 0 Å². The van der Waals surface area contributed by atoms with E-state index in [-0.39, 0.29) is 24.0 Å². The predicted molar refractivity (Wildman–Crippen MR) is 88.3 cm³/mol. The number of hydrogen-bond donors (Lipinski definition) is 2. The van der Waals surface area contributed by atoms with Gasteiger partial charge in [-0.05, 0) is 31.9 Å². The van der Waals surface area contributed by atoms with Crippen LogP contribution < -0.4 is 10.2 Å². The van der Waals surface area contributed by atoms with Gasteiger partial charge in [0.25, 0.3) is 0 Å². The fourth-order valence-corrected chi connectivity index (χ4v) is 3.31. The van der Waals surface area contributed by atoms with Crippen LogP contribution >= 0.6 is 0 Å². The number of nitrogens with zero attached hydrogens (tertiary/aromatic N) is 2. The van der Waals surface area contributed by atoms with Crippen molar-refractivity contribution < 1.29 is 14.7 Å². The van der Waals surface area contributed by atoms with Crippen LogP contribution in [0.1, 0.15) is 26.2 Å². The Morgan fingerprint density at radius 2 is 2.00 bits per heavy atom. The molecule has 2 N–H and O–H groups in total. The number of anilines is 2. The smallest absolute Gasteiger partial charge is 0.241 e. The van der Waals surface area contributed by atoms with Gasteiger partial charge in [0.15, 0.2) is 0 Å². The molecule has 0 radical (unpaired) electrons. The number of benzene rings is 1. The van der Waals surface area contributed by atoms with Crippen LogP contribution in [0.4, 0.5) is 11.4 Å². The molecule has 0 bridgehead atoms. The highest BCUT2D eigenvalue weighted by Crippen LogP contribution is 2.31. The number of piperidine rings is 1. The molecule has 2 amide bonds. The second-order valence-electron chi connectivity index (χ2n) is 6.39. The van der Waals surface area contributed by atoms with Gasteiger partial charge in [-0.3, -0.25) is 14.5 Å². The second-order valence-corrected chi connectivity index (χ2v) is 6.39. The van der Waals surface area contributed by atoms with E-state index in [4.69, 9.17) is 0 Å². The normalized spacial score (nSPS) is 23.1. The van der Waals surface area contributed by atoms with Crippen LogP contribution in [0.2, 0.25) is 0 Å². The van der Waals surface area contributed by atoms with E-state index in [0.29, 0.717) is 31.5 Å². The second kappa shape index (κ2) is 6.68. The predicted octanol–water partition coefficient (Wildman–Crippen LogP) is 1.21. The number of nitrogens with one attached hydrogen (secondary N) is 1. The number of carbonyl (C=O) groups excluding carboxylic acids is 2. The maximum Gasteiger partial charge on any atom is 0.241 e. The summed E-state index contributed by atoms with van der Waals surface area (Å²) in [5.74, 6) is -0.0702. The van der Waals surface area contributed by atoms with Crippen LogP contribution in [0.3, 0.4) is 0 Å². The topological polar surface area (TPSA) is 72.9 Å². The van der Waals surface area contributed by atoms with Crippen molar-refractivity contribution in [3.8, 4) is 0 Å².